The smallest absolute Gasteiger partial charge is 0.145 e. The largest absolute Gasteiger partial charge is 0.364 e. The van der Waals surface area contributed by atoms with Crippen molar-refractivity contribution in [2.75, 3.05) is 5.32 Å². The molecule has 2 aromatic rings. The average Bonchev–Trinajstić information content (AvgIpc) is 2.75. The van der Waals surface area contributed by atoms with E-state index in [-0.39, 0.29) is 0 Å². The zero-order chi connectivity index (χ0) is 12.3. The van der Waals surface area contributed by atoms with Gasteiger partial charge in [-0.1, -0.05) is 30.1 Å². The van der Waals surface area contributed by atoms with E-state index in [9.17, 15) is 0 Å². The van der Waals surface area contributed by atoms with Gasteiger partial charge in [0.15, 0.2) is 0 Å². The van der Waals surface area contributed by atoms with E-state index in [0.29, 0.717) is 15.9 Å². The third-order valence-electron chi connectivity index (χ3n) is 2.44. The van der Waals surface area contributed by atoms with Crippen LogP contribution in [-0.2, 0) is 13.0 Å². The zero-order valence-corrected chi connectivity index (χ0v) is 11.7. The van der Waals surface area contributed by atoms with Crippen LogP contribution in [-0.4, -0.2) is 4.98 Å². The fourth-order valence-corrected chi connectivity index (χ4v) is 2.91. The average molecular weight is 287 g/mol. The number of anilines is 1. The van der Waals surface area contributed by atoms with Crippen LogP contribution in [0, 0.1) is 0 Å². The molecule has 0 aliphatic heterocycles. The predicted molar refractivity (Wildman–Crippen MR) is 75.3 cm³/mol. The molecule has 17 heavy (non-hydrogen) atoms. The van der Waals surface area contributed by atoms with E-state index >= 15 is 0 Å². The molecule has 0 bridgehead atoms. The molecule has 2 heterocycles. The van der Waals surface area contributed by atoms with Crippen LogP contribution in [0.5, 0.6) is 0 Å². The second-order valence-electron chi connectivity index (χ2n) is 3.56. The molecule has 0 fully saturated rings. The number of nitrogens with one attached hydrogen (secondary N) is 1. The third-order valence-corrected chi connectivity index (χ3v) is 3.90. The summed E-state index contributed by atoms with van der Waals surface area (Å²) >= 11 is 13.6. The fraction of sp³-hybridized carbons (Fsp3) is 0.250. The highest BCUT2D eigenvalue weighted by atomic mass is 35.5. The van der Waals surface area contributed by atoms with Gasteiger partial charge >= 0.3 is 0 Å². The van der Waals surface area contributed by atoms with Crippen molar-refractivity contribution in [3.05, 3.63) is 44.2 Å². The molecule has 0 radical (unpaired) electrons. The van der Waals surface area contributed by atoms with Gasteiger partial charge in [-0.15, -0.1) is 11.3 Å². The Morgan fingerprint density at radius 3 is 2.94 bits per heavy atom. The summed E-state index contributed by atoms with van der Waals surface area (Å²) < 4.78 is 0. The van der Waals surface area contributed by atoms with Gasteiger partial charge in [0.2, 0.25) is 0 Å². The standard InChI is InChI=1S/C12H12Cl2N2S/c1-2-8-3-4-17-11(8)7-16-12-10(14)5-9(13)6-15-12/h3-6H,2,7H2,1H3,(H,15,16). The molecule has 2 aromatic heterocycles. The molecule has 0 spiro atoms. The van der Waals surface area contributed by atoms with Gasteiger partial charge in [-0.05, 0) is 29.5 Å². The first kappa shape index (κ1) is 12.7. The molecule has 0 saturated heterocycles. The number of pyridine rings is 1. The molecule has 0 aliphatic carbocycles. The lowest BCUT2D eigenvalue weighted by molar-refractivity contribution is 1.07. The van der Waals surface area contributed by atoms with Crippen LogP contribution in [0.4, 0.5) is 5.82 Å². The van der Waals surface area contributed by atoms with Gasteiger partial charge in [0.25, 0.3) is 0 Å². The Hall–Kier alpha value is -0.770. The Balaban J connectivity index is 2.07. The summed E-state index contributed by atoms with van der Waals surface area (Å²) in [5.41, 5.74) is 1.37. The minimum absolute atomic E-state index is 0.547. The molecule has 0 amide bonds. The highest BCUT2D eigenvalue weighted by molar-refractivity contribution is 7.10. The molecule has 5 heteroatoms. The minimum Gasteiger partial charge on any atom is -0.364 e. The van der Waals surface area contributed by atoms with Crippen molar-refractivity contribution in [3.8, 4) is 0 Å². The van der Waals surface area contributed by atoms with Gasteiger partial charge in [0.05, 0.1) is 16.6 Å². The molecular weight excluding hydrogens is 275 g/mol. The Kier molecular flexibility index (Phi) is 4.26. The van der Waals surface area contributed by atoms with E-state index < -0.39 is 0 Å². The van der Waals surface area contributed by atoms with Crippen LogP contribution >= 0.6 is 34.5 Å². The highest BCUT2D eigenvalue weighted by Gasteiger charge is 2.05. The van der Waals surface area contributed by atoms with E-state index in [2.05, 4.69) is 28.7 Å². The van der Waals surface area contributed by atoms with Crippen molar-refractivity contribution in [2.24, 2.45) is 0 Å². The summed E-state index contributed by atoms with van der Waals surface area (Å²) in [6.07, 6.45) is 2.63. The molecule has 0 aromatic carbocycles. The SMILES string of the molecule is CCc1ccsc1CNc1ncc(Cl)cc1Cl. The van der Waals surface area contributed by atoms with Crippen molar-refractivity contribution >= 4 is 40.4 Å². The van der Waals surface area contributed by atoms with Gasteiger partial charge in [-0.3, -0.25) is 0 Å². The van der Waals surface area contributed by atoms with Crippen LogP contribution in [0.2, 0.25) is 10.0 Å². The van der Waals surface area contributed by atoms with Crippen molar-refractivity contribution in [1.29, 1.82) is 0 Å². The molecular formula is C12H12Cl2N2S. The van der Waals surface area contributed by atoms with Crippen LogP contribution < -0.4 is 5.32 Å². The maximum absolute atomic E-state index is 6.04. The summed E-state index contributed by atoms with van der Waals surface area (Å²) in [6.45, 7) is 2.90. The second-order valence-corrected chi connectivity index (χ2v) is 5.40. The predicted octanol–water partition coefficient (Wildman–Crippen LogP) is 4.62. The van der Waals surface area contributed by atoms with Crippen molar-refractivity contribution in [3.63, 3.8) is 0 Å². The molecule has 0 unspecified atom stereocenters. The normalized spacial score (nSPS) is 10.5. The van der Waals surface area contributed by atoms with Gasteiger partial charge in [0.1, 0.15) is 5.82 Å². The molecule has 2 rings (SSSR count). The lowest BCUT2D eigenvalue weighted by Gasteiger charge is -2.07. The Morgan fingerprint density at radius 2 is 2.24 bits per heavy atom. The maximum atomic E-state index is 6.04. The van der Waals surface area contributed by atoms with Gasteiger partial charge in [0, 0.05) is 11.1 Å². The number of halogens is 2. The third kappa shape index (κ3) is 3.12. The number of nitrogens with zero attached hydrogens (tertiary/aromatic N) is 1. The lowest BCUT2D eigenvalue weighted by Crippen LogP contribution is -2.02. The Labute approximate surface area is 115 Å². The Bertz CT molecular complexity index is 511. The highest BCUT2D eigenvalue weighted by Crippen LogP contribution is 2.24. The van der Waals surface area contributed by atoms with E-state index in [4.69, 9.17) is 23.2 Å². The number of aryl methyl sites for hydroxylation is 1. The summed E-state index contributed by atoms with van der Waals surface area (Å²) in [6, 6.07) is 3.84. The fourth-order valence-electron chi connectivity index (χ4n) is 1.55. The molecule has 0 aliphatic rings. The Morgan fingerprint density at radius 1 is 1.41 bits per heavy atom. The first-order valence-corrected chi connectivity index (χ1v) is 6.94. The van der Waals surface area contributed by atoms with E-state index in [1.54, 1.807) is 23.6 Å². The molecule has 1 N–H and O–H groups in total. The summed E-state index contributed by atoms with van der Waals surface area (Å²) in [7, 11) is 0. The lowest BCUT2D eigenvalue weighted by atomic mass is 10.2. The number of aromatic nitrogens is 1. The van der Waals surface area contributed by atoms with E-state index in [0.717, 1.165) is 13.0 Å². The minimum atomic E-state index is 0.547. The number of thiophene rings is 1. The first-order valence-electron chi connectivity index (χ1n) is 5.31. The zero-order valence-electron chi connectivity index (χ0n) is 9.34. The van der Waals surface area contributed by atoms with Gasteiger partial charge in [-0.25, -0.2) is 4.98 Å². The maximum Gasteiger partial charge on any atom is 0.145 e. The van der Waals surface area contributed by atoms with Crippen molar-refractivity contribution < 1.29 is 0 Å². The summed E-state index contributed by atoms with van der Waals surface area (Å²) in [5, 5.41) is 6.43. The summed E-state index contributed by atoms with van der Waals surface area (Å²) in [5.74, 6) is 0.673. The molecule has 90 valence electrons. The van der Waals surface area contributed by atoms with Crippen molar-refractivity contribution in [2.45, 2.75) is 19.9 Å². The monoisotopic (exact) mass is 286 g/mol. The summed E-state index contributed by atoms with van der Waals surface area (Å²) in [4.78, 5) is 5.48. The first-order chi connectivity index (χ1) is 8.20. The molecule has 2 nitrogen and oxygen atoms in total. The van der Waals surface area contributed by atoms with E-state index in [1.807, 2.05) is 0 Å². The molecule has 0 atom stereocenters. The topological polar surface area (TPSA) is 24.9 Å². The van der Waals surface area contributed by atoms with Crippen molar-refractivity contribution in [1.82, 2.24) is 4.98 Å². The molecule has 0 saturated carbocycles. The van der Waals surface area contributed by atoms with Gasteiger partial charge in [-0.2, -0.15) is 0 Å². The van der Waals surface area contributed by atoms with Crippen LogP contribution in [0.3, 0.4) is 0 Å². The number of hydrogen-bond acceptors (Lipinski definition) is 3. The second kappa shape index (κ2) is 5.71. The van der Waals surface area contributed by atoms with E-state index in [1.165, 1.54) is 10.4 Å². The van der Waals surface area contributed by atoms with Crippen LogP contribution in [0.1, 0.15) is 17.4 Å². The number of rotatable bonds is 4. The quantitative estimate of drug-likeness (QED) is 0.887. The van der Waals surface area contributed by atoms with Crippen LogP contribution in [0.15, 0.2) is 23.7 Å². The van der Waals surface area contributed by atoms with Crippen LogP contribution in [0.25, 0.3) is 0 Å². The number of hydrogen-bond donors (Lipinski definition) is 1. The van der Waals surface area contributed by atoms with Gasteiger partial charge < -0.3 is 5.32 Å².